The minimum Gasteiger partial charge on any atom is -0.497 e. The fraction of sp³-hybridized carbons (Fsp3) is 0.200. The second-order valence-electron chi connectivity index (χ2n) is 5.37. The molecule has 1 amide bonds. The first-order valence-corrected chi connectivity index (χ1v) is 7.51. The number of carboxylic acids is 1. The molecule has 1 aliphatic carbocycles. The van der Waals surface area contributed by atoms with Crippen LogP contribution in [-0.2, 0) is 9.59 Å². The van der Waals surface area contributed by atoms with Crippen LogP contribution in [0.4, 0.5) is 10.1 Å². The second kappa shape index (κ2) is 7.39. The minimum absolute atomic E-state index is 0.109. The van der Waals surface area contributed by atoms with E-state index in [2.05, 4.69) is 10.1 Å². The average molecular weight is 364 g/mol. The highest BCUT2D eigenvalue weighted by Gasteiger charge is 2.25. The summed E-state index contributed by atoms with van der Waals surface area (Å²) in [4.78, 5) is 23.9. The fourth-order valence-electron chi connectivity index (χ4n) is 2.56. The van der Waals surface area contributed by atoms with E-state index in [0.29, 0.717) is 6.42 Å². The molecule has 0 aliphatic heterocycles. The van der Waals surface area contributed by atoms with Crippen molar-refractivity contribution in [2.24, 2.45) is 0 Å². The highest BCUT2D eigenvalue weighted by atomic mass is 19.1. The lowest BCUT2D eigenvalue weighted by Gasteiger charge is -2.10. The molecular formula is C20H18FNO4. The summed E-state index contributed by atoms with van der Waals surface area (Å²) in [5.74, 6) is -4.56. The Kier molecular flexibility index (Phi) is 2.71. The summed E-state index contributed by atoms with van der Waals surface area (Å²) in [6.07, 6.45) is 0.627. The van der Waals surface area contributed by atoms with E-state index in [0.717, 1.165) is 6.07 Å². The Bertz CT molecular complexity index is 1260. The molecule has 2 N–H and O–H groups in total. The van der Waals surface area contributed by atoms with Gasteiger partial charge < -0.3 is 15.2 Å². The lowest BCUT2D eigenvalue weighted by Crippen LogP contribution is -2.17. The maximum atomic E-state index is 15.2. The molecule has 3 rings (SSSR count). The molecule has 0 aromatic heterocycles. The summed E-state index contributed by atoms with van der Waals surface area (Å²) in [6, 6.07) is -4.15. The van der Waals surface area contributed by atoms with Gasteiger partial charge in [-0.05, 0) is 54.6 Å². The van der Waals surface area contributed by atoms with Crippen molar-refractivity contribution in [3.63, 3.8) is 0 Å². The summed E-state index contributed by atoms with van der Waals surface area (Å²) < 4.78 is 90.2. The molecule has 0 saturated heterocycles. The predicted molar refractivity (Wildman–Crippen MR) is 95.5 cm³/mol. The van der Waals surface area contributed by atoms with E-state index < -0.39 is 83.5 Å². The van der Waals surface area contributed by atoms with Crippen LogP contribution in [-0.4, -0.2) is 24.0 Å². The molecule has 5 nitrogen and oxygen atoms in total. The Morgan fingerprint density at radius 1 is 1.19 bits per heavy atom. The maximum Gasteiger partial charge on any atom is 0.332 e. The van der Waals surface area contributed by atoms with Crippen molar-refractivity contribution in [2.45, 2.75) is 19.3 Å². The number of amides is 1. The number of benzene rings is 2. The zero-order chi connectivity index (χ0) is 26.4. The number of hydrogen-bond acceptors (Lipinski definition) is 3. The largest absolute Gasteiger partial charge is 0.497 e. The molecule has 0 spiro atoms. The Morgan fingerprint density at radius 3 is 2.73 bits per heavy atom. The molecule has 0 heterocycles. The SMILES string of the molecule is [2H]c1cc([2H])c(-c2c([2H])c([2H])c(NC(=O)C3=C(C(=O)O)CCC3)c(F)c2[2H])c([2H])c1OC([2H])([2H])[2H]. The van der Waals surface area contributed by atoms with Crippen LogP contribution in [0.5, 0.6) is 5.75 Å². The molecule has 1 aliphatic rings. The van der Waals surface area contributed by atoms with Crippen molar-refractivity contribution < 1.29 is 36.2 Å². The van der Waals surface area contributed by atoms with Gasteiger partial charge in [0.15, 0.2) is 0 Å². The summed E-state index contributed by atoms with van der Waals surface area (Å²) in [7, 11) is -3.07. The van der Waals surface area contributed by atoms with Gasteiger partial charge in [0.1, 0.15) is 11.6 Å². The molecule has 0 atom stereocenters. The van der Waals surface area contributed by atoms with Gasteiger partial charge in [-0.3, -0.25) is 4.79 Å². The number of carbonyl (C=O) groups excluding carboxylic acids is 1. The zero-order valence-electron chi connectivity index (χ0n) is 22.2. The van der Waals surface area contributed by atoms with Crippen molar-refractivity contribution >= 4 is 17.6 Å². The van der Waals surface area contributed by atoms with Crippen LogP contribution in [0.1, 0.15) is 31.6 Å². The Balaban J connectivity index is 2.17. The summed E-state index contributed by atoms with van der Waals surface area (Å²) in [5, 5.41) is 11.3. The number of anilines is 1. The van der Waals surface area contributed by atoms with Gasteiger partial charge in [0.25, 0.3) is 5.91 Å². The number of carbonyl (C=O) groups is 2. The van der Waals surface area contributed by atoms with Gasteiger partial charge in [0.2, 0.25) is 0 Å². The lowest BCUT2D eigenvalue weighted by atomic mass is 10.0. The zero-order valence-corrected chi connectivity index (χ0v) is 13.2. The lowest BCUT2D eigenvalue weighted by molar-refractivity contribution is -0.133. The molecule has 26 heavy (non-hydrogen) atoms. The molecule has 6 heteroatoms. The molecule has 0 saturated carbocycles. The molecule has 0 unspecified atom stereocenters. The van der Waals surface area contributed by atoms with E-state index in [1.807, 2.05) is 0 Å². The topological polar surface area (TPSA) is 75.6 Å². The molecular weight excluding hydrogens is 337 g/mol. The van der Waals surface area contributed by atoms with Crippen molar-refractivity contribution in [2.75, 3.05) is 12.4 Å². The standard InChI is InChI=1S/C20H18FNO4/c1-26-14-5-2-4-12(10-14)13-8-9-18(17(21)11-13)22-19(23)15-6-3-7-16(15)20(24)25/h2,4-5,8-11H,3,6-7H2,1H3,(H,22,23)(H,24,25)/i1D3,4D,5D,8D,9D,10D,11D. The normalized spacial score (nSPS) is 19.0. The number of ether oxygens (including phenoxy) is 1. The smallest absolute Gasteiger partial charge is 0.332 e. The van der Waals surface area contributed by atoms with Crippen LogP contribution in [0.2, 0.25) is 0 Å². The monoisotopic (exact) mass is 364 g/mol. The van der Waals surface area contributed by atoms with Crippen LogP contribution in [0.3, 0.4) is 0 Å². The van der Waals surface area contributed by atoms with Gasteiger partial charge in [-0.25, -0.2) is 9.18 Å². The van der Waals surface area contributed by atoms with Gasteiger partial charge in [-0.2, -0.15) is 0 Å². The van der Waals surface area contributed by atoms with E-state index in [1.54, 1.807) is 0 Å². The maximum absolute atomic E-state index is 15.2. The molecule has 0 bridgehead atoms. The number of carboxylic acid groups (broad SMARTS) is 1. The summed E-state index contributed by atoms with van der Waals surface area (Å²) in [5.41, 5.74) is -2.43. The number of rotatable bonds is 5. The molecule has 2 aromatic carbocycles. The number of aliphatic carboxylic acids is 1. The second-order valence-corrected chi connectivity index (χ2v) is 5.37. The number of hydrogen-bond donors (Lipinski definition) is 2. The molecule has 0 fully saturated rings. The van der Waals surface area contributed by atoms with Crippen LogP contribution in [0.15, 0.2) is 53.5 Å². The highest BCUT2D eigenvalue weighted by molar-refractivity contribution is 6.09. The number of halogens is 1. The number of methoxy groups -OCH3 is 1. The third-order valence-electron chi connectivity index (χ3n) is 3.77. The number of nitrogens with one attached hydrogen (secondary N) is 1. The first kappa shape index (κ1) is 9.52. The summed E-state index contributed by atoms with van der Waals surface area (Å²) >= 11 is 0. The van der Waals surface area contributed by atoms with Crippen molar-refractivity contribution in [3.05, 3.63) is 59.3 Å². The minimum atomic E-state index is -3.07. The van der Waals surface area contributed by atoms with E-state index in [1.165, 1.54) is 0 Å². The molecule has 134 valence electrons. The van der Waals surface area contributed by atoms with Crippen molar-refractivity contribution in [3.8, 4) is 16.9 Å². The van der Waals surface area contributed by atoms with Gasteiger partial charge >= 0.3 is 5.97 Å². The third-order valence-corrected chi connectivity index (χ3v) is 3.77. The van der Waals surface area contributed by atoms with Gasteiger partial charge in [0.05, 0.1) is 25.1 Å². The Hall–Kier alpha value is -3.15. The third kappa shape index (κ3) is 3.59. The van der Waals surface area contributed by atoms with Crippen molar-refractivity contribution in [1.82, 2.24) is 0 Å². The van der Waals surface area contributed by atoms with Gasteiger partial charge in [-0.15, -0.1) is 0 Å². The van der Waals surface area contributed by atoms with E-state index >= 15 is 4.39 Å². The highest BCUT2D eigenvalue weighted by Crippen LogP contribution is 2.30. The van der Waals surface area contributed by atoms with Crippen LogP contribution in [0.25, 0.3) is 11.1 Å². The Morgan fingerprint density at radius 2 is 1.96 bits per heavy atom. The first-order chi connectivity index (χ1) is 16.2. The van der Waals surface area contributed by atoms with E-state index in [-0.39, 0.29) is 24.0 Å². The van der Waals surface area contributed by atoms with Crippen LogP contribution >= 0.6 is 0 Å². The average Bonchev–Trinajstić information content (AvgIpc) is 3.25. The Labute approximate surface area is 162 Å². The quantitative estimate of drug-likeness (QED) is 0.841. The van der Waals surface area contributed by atoms with Gasteiger partial charge in [-0.1, -0.05) is 18.2 Å². The van der Waals surface area contributed by atoms with Crippen molar-refractivity contribution in [1.29, 1.82) is 0 Å². The van der Waals surface area contributed by atoms with Gasteiger partial charge in [0, 0.05) is 11.1 Å². The molecule has 2 aromatic rings. The van der Waals surface area contributed by atoms with Crippen LogP contribution < -0.4 is 10.1 Å². The molecule has 0 radical (unpaired) electrons. The first-order valence-electron chi connectivity index (χ1n) is 12.0. The predicted octanol–water partition coefficient (Wildman–Crippen LogP) is 4.00. The summed E-state index contributed by atoms with van der Waals surface area (Å²) in [6.45, 7) is 0. The van der Waals surface area contributed by atoms with E-state index in [9.17, 15) is 14.7 Å². The fourth-order valence-corrected chi connectivity index (χ4v) is 2.56. The van der Waals surface area contributed by atoms with Crippen LogP contribution in [0, 0.1) is 5.82 Å². The van der Waals surface area contributed by atoms with E-state index in [4.69, 9.17) is 12.3 Å².